The minimum absolute atomic E-state index is 0.235. The lowest BCUT2D eigenvalue weighted by Gasteiger charge is -2.57. The molecule has 1 aromatic rings. The molecule has 1 spiro atoms. The lowest BCUT2D eigenvalue weighted by atomic mass is 9.50. The summed E-state index contributed by atoms with van der Waals surface area (Å²) in [6.45, 7) is 1.56. The highest BCUT2D eigenvalue weighted by molar-refractivity contribution is 6.35. The highest BCUT2D eigenvalue weighted by Crippen LogP contribution is 2.59. The van der Waals surface area contributed by atoms with Gasteiger partial charge in [-0.1, -0.05) is 29.3 Å². The Morgan fingerprint density at radius 1 is 1.24 bits per heavy atom. The normalized spacial score (nSPS) is 23.6. The fraction of sp³-hybridized carbons (Fsp3) is 0.462. The van der Waals surface area contributed by atoms with Crippen LogP contribution >= 0.6 is 23.2 Å². The Kier molecular flexibility index (Phi) is 2.42. The molecule has 0 radical (unpaired) electrons. The molecule has 0 atom stereocenters. The first-order valence-corrected chi connectivity index (χ1v) is 6.29. The summed E-state index contributed by atoms with van der Waals surface area (Å²) in [4.78, 5) is 0. The Morgan fingerprint density at radius 3 is 2.41 bits per heavy atom. The van der Waals surface area contributed by atoms with Crippen molar-refractivity contribution in [3.05, 3.63) is 33.8 Å². The maximum atomic E-state index is 9.45. The van der Waals surface area contributed by atoms with Crippen molar-refractivity contribution in [2.45, 2.75) is 18.3 Å². The van der Waals surface area contributed by atoms with Crippen LogP contribution in [-0.2, 0) is 10.2 Å². The van der Waals surface area contributed by atoms with Gasteiger partial charge in [-0.05, 0) is 30.5 Å². The second-order valence-electron chi connectivity index (χ2n) is 5.16. The molecule has 2 aliphatic rings. The summed E-state index contributed by atoms with van der Waals surface area (Å²) in [6.07, 6.45) is 1.69. The molecule has 0 unspecified atom stereocenters. The maximum Gasteiger partial charge on any atom is 0.0850 e. The standard InChI is InChI=1S/C13H11Cl2NO/c14-9-1-2-10(11(15)3-9)13(6-16)4-12(5-13)7-17-8-12/h1-3H,4-5,7-8H2. The fourth-order valence-corrected chi connectivity index (χ4v) is 3.62. The van der Waals surface area contributed by atoms with Crippen LogP contribution in [0.15, 0.2) is 18.2 Å². The lowest BCUT2D eigenvalue weighted by molar-refractivity contribution is -0.178. The van der Waals surface area contributed by atoms with E-state index < -0.39 is 5.41 Å². The summed E-state index contributed by atoms with van der Waals surface area (Å²) in [5.74, 6) is 0. The molecule has 4 heteroatoms. The molecular formula is C13H11Cl2NO. The van der Waals surface area contributed by atoms with E-state index in [9.17, 15) is 5.26 Å². The third-order valence-corrected chi connectivity index (χ3v) is 4.38. The van der Waals surface area contributed by atoms with Gasteiger partial charge in [0.15, 0.2) is 0 Å². The Labute approximate surface area is 110 Å². The van der Waals surface area contributed by atoms with Crippen molar-refractivity contribution in [1.29, 1.82) is 5.26 Å². The predicted molar refractivity (Wildman–Crippen MR) is 66.2 cm³/mol. The number of rotatable bonds is 1. The van der Waals surface area contributed by atoms with E-state index in [4.69, 9.17) is 27.9 Å². The molecule has 1 heterocycles. The highest BCUT2D eigenvalue weighted by Gasteiger charge is 2.60. The minimum Gasteiger partial charge on any atom is -0.380 e. The smallest absolute Gasteiger partial charge is 0.0850 e. The average molecular weight is 268 g/mol. The third kappa shape index (κ3) is 1.57. The topological polar surface area (TPSA) is 33.0 Å². The summed E-state index contributed by atoms with van der Waals surface area (Å²) in [7, 11) is 0. The van der Waals surface area contributed by atoms with Gasteiger partial charge in [-0.15, -0.1) is 0 Å². The van der Waals surface area contributed by atoms with Gasteiger partial charge < -0.3 is 4.74 Å². The van der Waals surface area contributed by atoms with E-state index in [2.05, 4.69) is 6.07 Å². The van der Waals surface area contributed by atoms with Crippen LogP contribution in [0.1, 0.15) is 18.4 Å². The molecule has 2 fully saturated rings. The van der Waals surface area contributed by atoms with Gasteiger partial charge in [0.1, 0.15) is 0 Å². The number of hydrogen-bond acceptors (Lipinski definition) is 2. The quantitative estimate of drug-likeness (QED) is 0.780. The van der Waals surface area contributed by atoms with Crippen molar-refractivity contribution >= 4 is 23.2 Å². The first-order valence-electron chi connectivity index (χ1n) is 5.54. The predicted octanol–water partition coefficient (Wildman–Crippen LogP) is 3.57. The van der Waals surface area contributed by atoms with Gasteiger partial charge >= 0.3 is 0 Å². The fourth-order valence-electron chi connectivity index (χ4n) is 3.03. The molecule has 1 aliphatic heterocycles. The number of nitriles is 1. The molecule has 1 aromatic carbocycles. The van der Waals surface area contributed by atoms with E-state index in [1.807, 2.05) is 6.07 Å². The zero-order valence-electron chi connectivity index (χ0n) is 9.17. The molecule has 0 N–H and O–H groups in total. The van der Waals surface area contributed by atoms with Crippen LogP contribution in [0.5, 0.6) is 0 Å². The maximum absolute atomic E-state index is 9.45. The van der Waals surface area contributed by atoms with Crippen LogP contribution in [0, 0.1) is 16.7 Å². The van der Waals surface area contributed by atoms with Crippen molar-refractivity contribution in [3.8, 4) is 6.07 Å². The third-order valence-electron chi connectivity index (χ3n) is 3.83. The molecule has 1 saturated heterocycles. The lowest BCUT2D eigenvalue weighted by Crippen LogP contribution is -2.59. The second-order valence-corrected chi connectivity index (χ2v) is 6.01. The van der Waals surface area contributed by atoms with E-state index in [-0.39, 0.29) is 5.41 Å². The largest absolute Gasteiger partial charge is 0.380 e. The van der Waals surface area contributed by atoms with Gasteiger partial charge in [0.2, 0.25) is 0 Å². The molecule has 0 amide bonds. The van der Waals surface area contributed by atoms with E-state index >= 15 is 0 Å². The Morgan fingerprint density at radius 2 is 1.94 bits per heavy atom. The van der Waals surface area contributed by atoms with Gasteiger partial charge in [0, 0.05) is 15.5 Å². The van der Waals surface area contributed by atoms with E-state index in [1.54, 1.807) is 12.1 Å². The monoisotopic (exact) mass is 267 g/mol. The zero-order valence-corrected chi connectivity index (χ0v) is 10.7. The van der Waals surface area contributed by atoms with Crippen molar-refractivity contribution in [1.82, 2.24) is 0 Å². The average Bonchev–Trinajstić information content (AvgIpc) is 2.17. The molecular weight excluding hydrogens is 257 g/mol. The summed E-state index contributed by atoms with van der Waals surface area (Å²) in [6, 6.07) is 7.81. The van der Waals surface area contributed by atoms with Gasteiger partial charge in [-0.3, -0.25) is 0 Å². The van der Waals surface area contributed by atoms with Crippen molar-refractivity contribution in [2.75, 3.05) is 13.2 Å². The number of nitrogens with zero attached hydrogens (tertiary/aromatic N) is 1. The van der Waals surface area contributed by atoms with Crippen LogP contribution in [0.4, 0.5) is 0 Å². The van der Waals surface area contributed by atoms with E-state index in [1.165, 1.54) is 0 Å². The molecule has 88 valence electrons. The molecule has 1 aliphatic carbocycles. The van der Waals surface area contributed by atoms with Crippen molar-refractivity contribution < 1.29 is 4.74 Å². The van der Waals surface area contributed by atoms with Crippen LogP contribution in [0.2, 0.25) is 10.0 Å². The van der Waals surface area contributed by atoms with E-state index in [0.717, 1.165) is 31.6 Å². The van der Waals surface area contributed by atoms with Crippen molar-refractivity contribution in [2.24, 2.45) is 5.41 Å². The summed E-state index contributed by atoms with van der Waals surface area (Å²) < 4.78 is 5.24. The summed E-state index contributed by atoms with van der Waals surface area (Å²) >= 11 is 12.1. The first-order chi connectivity index (χ1) is 8.09. The zero-order chi connectivity index (χ0) is 12.1. The van der Waals surface area contributed by atoms with Crippen LogP contribution in [0.3, 0.4) is 0 Å². The molecule has 0 bridgehead atoms. The van der Waals surface area contributed by atoms with E-state index in [0.29, 0.717) is 10.0 Å². The molecule has 3 rings (SSSR count). The number of halogens is 2. The van der Waals surface area contributed by atoms with Gasteiger partial charge in [0.05, 0.1) is 24.7 Å². The molecule has 1 saturated carbocycles. The highest BCUT2D eigenvalue weighted by atomic mass is 35.5. The number of hydrogen-bond donors (Lipinski definition) is 0. The second kappa shape index (κ2) is 3.62. The van der Waals surface area contributed by atoms with Crippen molar-refractivity contribution in [3.63, 3.8) is 0 Å². The van der Waals surface area contributed by atoms with Gasteiger partial charge in [-0.2, -0.15) is 5.26 Å². The van der Waals surface area contributed by atoms with Crippen LogP contribution < -0.4 is 0 Å². The molecule has 17 heavy (non-hydrogen) atoms. The number of ether oxygens (including phenoxy) is 1. The van der Waals surface area contributed by atoms with Gasteiger partial charge in [0.25, 0.3) is 0 Å². The Hall–Kier alpha value is -0.750. The summed E-state index contributed by atoms with van der Waals surface area (Å²) in [5.41, 5.74) is 0.702. The van der Waals surface area contributed by atoms with Crippen LogP contribution in [0.25, 0.3) is 0 Å². The number of benzene rings is 1. The van der Waals surface area contributed by atoms with Crippen LogP contribution in [-0.4, -0.2) is 13.2 Å². The minimum atomic E-state index is -0.439. The first kappa shape index (κ1) is 11.3. The molecule has 0 aromatic heterocycles. The Balaban J connectivity index is 1.94. The molecule has 2 nitrogen and oxygen atoms in total. The Bertz CT molecular complexity index is 509. The SMILES string of the molecule is N#CC1(c2ccc(Cl)cc2Cl)CC2(COC2)C1. The van der Waals surface area contributed by atoms with Gasteiger partial charge in [-0.25, -0.2) is 0 Å². The summed E-state index contributed by atoms with van der Waals surface area (Å²) in [5, 5.41) is 10.6.